The predicted octanol–water partition coefficient (Wildman–Crippen LogP) is 1.75. The summed E-state index contributed by atoms with van der Waals surface area (Å²) in [6, 6.07) is -0.668. The number of anilines is 2. The highest BCUT2D eigenvalue weighted by molar-refractivity contribution is 5.87. The average molecular weight is 469 g/mol. The lowest BCUT2D eigenvalue weighted by molar-refractivity contribution is -0.117. The van der Waals surface area contributed by atoms with Crippen molar-refractivity contribution in [1.29, 1.82) is 0 Å². The molecule has 0 aromatic carbocycles. The van der Waals surface area contributed by atoms with Crippen molar-refractivity contribution in [2.45, 2.75) is 30.6 Å². The minimum Gasteiger partial charge on any atom is -0.495 e. The van der Waals surface area contributed by atoms with Crippen molar-refractivity contribution in [2.24, 2.45) is 5.92 Å². The summed E-state index contributed by atoms with van der Waals surface area (Å²) in [4.78, 5) is 29.5. The van der Waals surface area contributed by atoms with E-state index in [0.29, 0.717) is 40.3 Å². The fourth-order valence-corrected chi connectivity index (χ4v) is 4.49. The Bertz CT molecular complexity index is 1200. The number of nitrogens with one attached hydrogen (secondary N) is 2. The van der Waals surface area contributed by atoms with Crippen LogP contribution in [-0.4, -0.2) is 76.8 Å². The van der Waals surface area contributed by atoms with Crippen LogP contribution in [0.25, 0.3) is 11.2 Å². The van der Waals surface area contributed by atoms with Crippen LogP contribution in [0.1, 0.15) is 12.8 Å². The summed E-state index contributed by atoms with van der Waals surface area (Å²) in [5.74, 6) is 1.55. The van der Waals surface area contributed by atoms with E-state index in [1.165, 1.54) is 0 Å². The van der Waals surface area contributed by atoms with E-state index in [4.69, 9.17) is 14.7 Å². The first-order valence-electron chi connectivity index (χ1n) is 11.2. The molecule has 11 heteroatoms. The number of carbonyl (C=O) groups excluding carboxylic acids is 1. The van der Waals surface area contributed by atoms with Crippen LogP contribution < -0.4 is 15.5 Å². The normalized spacial score (nSPS) is 27.2. The highest BCUT2D eigenvalue weighted by Gasteiger charge is 2.71. The molecule has 0 radical (unpaired) electrons. The zero-order valence-corrected chi connectivity index (χ0v) is 19.6. The maximum atomic E-state index is 14.7. The van der Waals surface area contributed by atoms with Gasteiger partial charge in [-0.05, 0) is 24.8 Å². The minimum absolute atomic E-state index is 0.0696. The zero-order chi connectivity index (χ0) is 24.2. The summed E-state index contributed by atoms with van der Waals surface area (Å²) < 4.78 is 22.2. The number of halogens is 1. The number of rotatable bonds is 9. The SMILES string of the molecule is C=CC(=O)NC1CN(c2nc(N/C(=C/N(C)C)C(=C)OC)c3ncn(C45CC4C5)c3n2)CC1F. The lowest BCUT2D eigenvalue weighted by atomic mass is 10.2. The Kier molecular flexibility index (Phi) is 5.22. The standard InChI is InChI=1S/C23H29FN8O2/c1-6-18(33)26-17-11-31(9-15(17)24)22-28-20(27-16(10-30(3)4)13(2)34-5)19-21(29-22)32(12-25-19)23-7-14(23)8-23/h6,10,12,14-15,17H,1-2,7-9,11H2,3-5H3,(H,26,33)(H,27,28,29)/b16-10+. The first-order chi connectivity index (χ1) is 16.3. The summed E-state index contributed by atoms with van der Waals surface area (Å²) in [7, 11) is 5.33. The Morgan fingerprint density at radius 1 is 1.35 bits per heavy atom. The van der Waals surface area contributed by atoms with Gasteiger partial charge in [-0.2, -0.15) is 9.97 Å². The first-order valence-corrected chi connectivity index (χ1v) is 11.2. The molecule has 3 aliphatic rings. The van der Waals surface area contributed by atoms with Crippen molar-refractivity contribution < 1.29 is 13.9 Å². The van der Waals surface area contributed by atoms with Gasteiger partial charge in [0, 0.05) is 26.8 Å². The van der Waals surface area contributed by atoms with Crippen LogP contribution in [0.2, 0.25) is 0 Å². The molecule has 1 aliphatic heterocycles. The summed E-state index contributed by atoms with van der Waals surface area (Å²) >= 11 is 0. The van der Waals surface area contributed by atoms with Gasteiger partial charge in [0.15, 0.2) is 17.0 Å². The van der Waals surface area contributed by atoms with Crippen LogP contribution in [0.5, 0.6) is 0 Å². The van der Waals surface area contributed by atoms with Crippen molar-refractivity contribution in [1.82, 2.24) is 29.7 Å². The molecule has 1 saturated heterocycles. The van der Waals surface area contributed by atoms with Gasteiger partial charge >= 0.3 is 0 Å². The number of amides is 1. The van der Waals surface area contributed by atoms with Gasteiger partial charge in [-0.3, -0.25) is 4.79 Å². The molecule has 2 atom stereocenters. The molecule has 2 unspecified atom stereocenters. The molecule has 3 fully saturated rings. The molecule has 2 aromatic rings. The van der Waals surface area contributed by atoms with Gasteiger partial charge in [-0.1, -0.05) is 13.2 Å². The third-order valence-electron chi connectivity index (χ3n) is 6.74. The monoisotopic (exact) mass is 468 g/mol. The zero-order valence-electron chi connectivity index (χ0n) is 19.6. The average Bonchev–Trinajstić information content (AvgIpc) is 3.57. The number of hydrogen-bond acceptors (Lipinski definition) is 8. The fraction of sp³-hybridized carbons (Fsp3) is 0.478. The number of carbonyl (C=O) groups is 1. The van der Waals surface area contributed by atoms with Crippen LogP contribution >= 0.6 is 0 Å². The molecule has 1 amide bonds. The van der Waals surface area contributed by atoms with Crippen molar-refractivity contribution in [3.8, 4) is 0 Å². The molecular formula is C23H29FN8O2. The highest BCUT2D eigenvalue weighted by Crippen LogP contribution is 2.73. The number of alkyl halides is 1. The Labute approximate surface area is 197 Å². The third-order valence-corrected chi connectivity index (χ3v) is 6.74. The van der Waals surface area contributed by atoms with E-state index in [-0.39, 0.29) is 18.6 Å². The summed E-state index contributed by atoms with van der Waals surface area (Å²) in [6.45, 7) is 7.72. The molecular weight excluding hydrogens is 439 g/mol. The summed E-state index contributed by atoms with van der Waals surface area (Å²) in [5, 5.41) is 5.94. The van der Waals surface area contributed by atoms with Gasteiger partial charge in [0.05, 0.1) is 37.3 Å². The van der Waals surface area contributed by atoms with Crippen molar-refractivity contribution >= 4 is 28.8 Å². The molecule has 180 valence electrons. The number of aromatic nitrogens is 4. The second kappa shape index (κ2) is 8.00. The maximum Gasteiger partial charge on any atom is 0.243 e. The molecule has 0 bridgehead atoms. The van der Waals surface area contributed by atoms with Crippen LogP contribution in [-0.2, 0) is 15.1 Å². The molecule has 5 rings (SSSR count). The Morgan fingerprint density at radius 3 is 2.71 bits per heavy atom. The van der Waals surface area contributed by atoms with E-state index in [1.54, 1.807) is 12.0 Å². The molecule has 2 aromatic heterocycles. The van der Waals surface area contributed by atoms with E-state index in [1.807, 2.05) is 31.5 Å². The molecule has 2 saturated carbocycles. The van der Waals surface area contributed by atoms with E-state index in [2.05, 4.69) is 33.3 Å². The summed E-state index contributed by atoms with van der Waals surface area (Å²) in [6.07, 6.45) is 5.79. The molecule has 0 spiro atoms. The van der Waals surface area contributed by atoms with Gasteiger partial charge in [0.2, 0.25) is 11.9 Å². The summed E-state index contributed by atoms with van der Waals surface area (Å²) in [5.41, 5.74) is 2.05. The van der Waals surface area contributed by atoms with Crippen LogP contribution in [0.3, 0.4) is 0 Å². The number of hydrogen-bond donors (Lipinski definition) is 2. The van der Waals surface area contributed by atoms with Gasteiger partial charge < -0.3 is 29.7 Å². The Hall–Kier alpha value is -3.63. The van der Waals surface area contributed by atoms with Gasteiger partial charge in [-0.15, -0.1) is 0 Å². The number of ether oxygens (including phenoxy) is 1. The van der Waals surface area contributed by atoms with Crippen molar-refractivity contribution in [3.05, 3.63) is 43.2 Å². The highest BCUT2D eigenvalue weighted by atomic mass is 19.1. The number of fused-ring (bicyclic) bond motifs is 2. The first kappa shape index (κ1) is 22.2. The number of methoxy groups -OCH3 is 1. The molecule has 34 heavy (non-hydrogen) atoms. The Morgan fingerprint density at radius 2 is 2.09 bits per heavy atom. The van der Waals surface area contributed by atoms with E-state index in [9.17, 15) is 9.18 Å². The lowest BCUT2D eigenvalue weighted by Crippen LogP contribution is -2.40. The fourth-order valence-electron chi connectivity index (χ4n) is 4.49. The smallest absolute Gasteiger partial charge is 0.243 e. The predicted molar refractivity (Wildman–Crippen MR) is 127 cm³/mol. The third kappa shape index (κ3) is 3.74. The maximum absolute atomic E-state index is 14.7. The topological polar surface area (TPSA) is 100 Å². The van der Waals surface area contributed by atoms with Crippen LogP contribution in [0.15, 0.2) is 43.2 Å². The molecule has 2 aliphatic carbocycles. The minimum atomic E-state index is -1.25. The Balaban J connectivity index is 1.53. The van der Waals surface area contributed by atoms with Gasteiger partial charge in [0.25, 0.3) is 0 Å². The second-order valence-electron chi connectivity index (χ2n) is 9.37. The van der Waals surface area contributed by atoms with Crippen molar-refractivity contribution in [3.63, 3.8) is 0 Å². The quantitative estimate of drug-likeness (QED) is 0.326. The van der Waals surface area contributed by atoms with Gasteiger partial charge in [-0.25, -0.2) is 9.37 Å². The van der Waals surface area contributed by atoms with E-state index >= 15 is 0 Å². The van der Waals surface area contributed by atoms with Gasteiger partial charge in [0.1, 0.15) is 11.9 Å². The van der Waals surface area contributed by atoms with Crippen LogP contribution in [0.4, 0.5) is 16.2 Å². The number of nitrogens with zero attached hydrogens (tertiary/aromatic N) is 6. The lowest BCUT2D eigenvalue weighted by Gasteiger charge is -2.19. The second-order valence-corrected chi connectivity index (χ2v) is 9.37. The van der Waals surface area contributed by atoms with E-state index < -0.39 is 18.1 Å². The van der Waals surface area contributed by atoms with Crippen molar-refractivity contribution in [2.75, 3.05) is 44.5 Å². The molecule has 3 heterocycles. The van der Waals surface area contributed by atoms with E-state index in [0.717, 1.165) is 18.9 Å². The number of imidazole rings is 1. The molecule has 10 nitrogen and oxygen atoms in total. The van der Waals surface area contributed by atoms with Crippen LogP contribution in [0, 0.1) is 5.92 Å². The largest absolute Gasteiger partial charge is 0.495 e. The molecule has 2 N–H and O–H groups in total.